The van der Waals surface area contributed by atoms with Crippen LogP contribution in [0.15, 0.2) is 6.07 Å². The molecule has 0 saturated carbocycles. The Balaban J connectivity index is 0. The Labute approximate surface area is 121 Å². The molecular weight excluding hydrogens is 558 g/mol. The van der Waals surface area contributed by atoms with Gasteiger partial charge in [-0.3, -0.25) is 0 Å². The zero-order valence-electron chi connectivity index (χ0n) is 7.31. The summed E-state index contributed by atoms with van der Waals surface area (Å²) >= 11 is 7.23. The molecule has 0 fully saturated rings. The molecule has 1 rings (SSSR count). The Bertz CT molecular complexity index is 291. The van der Waals surface area contributed by atoms with E-state index in [1.54, 1.807) is 6.07 Å². The fraction of sp³-hybridized carbons (Fsp3) is 0.375. The fourth-order valence-corrected chi connectivity index (χ4v) is 0.709. The number of halogens is 3. The molecule has 0 aliphatic rings. The second kappa shape index (κ2) is 7.91. The van der Waals surface area contributed by atoms with Crippen LogP contribution in [0.5, 0.6) is 5.75 Å². The molecule has 14 heavy (non-hydrogen) atoms. The molecule has 84 valence electrons. The fourth-order valence-electron chi connectivity index (χ4n) is 0.709. The number of aromatic hydroxyl groups is 1. The number of H-pyrrole nitrogens is 1. The van der Waals surface area contributed by atoms with Crippen molar-refractivity contribution >= 4 is 65.2 Å². The van der Waals surface area contributed by atoms with Crippen molar-refractivity contribution in [2.75, 3.05) is 0 Å². The number of hydrogen-bond donors (Lipinski definition) is 2. The Kier molecular flexibility index (Phi) is 10.2. The van der Waals surface area contributed by atoms with Crippen LogP contribution in [0, 0.1) is 13.8 Å². The summed E-state index contributed by atoms with van der Waals surface area (Å²) < 4.78 is -1.22. The number of aromatic nitrogens is 1. The normalized spacial score (nSPS) is 9.79. The summed E-state index contributed by atoms with van der Waals surface area (Å²) in [5, 5.41) is 12.8. The van der Waals surface area contributed by atoms with Crippen LogP contribution < -0.4 is 0 Å². The Morgan fingerprint density at radius 1 is 1.36 bits per heavy atom. The van der Waals surface area contributed by atoms with E-state index in [1.165, 1.54) is 0 Å². The topological polar surface area (TPSA) is 36.0 Å². The van der Waals surface area contributed by atoms with E-state index in [9.17, 15) is 0 Å². The van der Waals surface area contributed by atoms with E-state index in [4.69, 9.17) is 5.11 Å². The molecule has 6 heteroatoms. The molecule has 0 aliphatic heterocycles. The van der Waals surface area contributed by atoms with Gasteiger partial charge in [0.25, 0.3) is 0 Å². The molecule has 0 radical (unpaired) electrons. The Morgan fingerprint density at radius 2 is 1.71 bits per heavy atom. The third-order valence-electron chi connectivity index (χ3n) is 1.12. The van der Waals surface area contributed by atoms with Crippen LogP contribution in [0.4, 0.5) is 0 Å². The van der Waals surface area contributed by atoms with Crippen LogP contribution in [0.1, 0.15) is 18.8 Å². The van der Waals surface area contributed by atoms with Gasteiger partial charge in [-0.15, -0.1) is 0 Å². The molecule has 0 atom stereocenters. The predicted octanol–water partition coefficient (Wildman–Crippen LogP) is 4.60. The first-order valence-corrected chi connectivity index (χ1v) is 17.9. The van der Waals surface area contributed by atoms with E-state index in [0.717, 1.165) is 11.4 Å². The molecule has 1 heterocycles. The Hall–Kier alpha value is 1.72. The number of rotatable bonds is 0. The van der Waals surface area contributed by atoms with Gasteiger partial charge >= 0.3 is 68.5 Å². The number of nitrogens with one attached hydrogen (secondary N) is 1. The van der Waals surface area contributed by atoms with Gasteiger partial charge in [-0.2, -0.15) is 0 Å². The second-order valence-corrected chi connectivity index (χ2v) is 47.4. The molecule has 1 aromatic rings. The van der Waals surface area contributed by atoms with Gasteiger partial charge in [0.1, 0.15) is 5.75 Å². The summed E-state index contributed by atoms with van der Waals surface area (Å²) in [5.41, 5.74) is 1.84. The van der Waals surface area contributed by atoms with Crippen LogP contribution in [0.3, 0.4) is 0 Å². The van der Waals surface area contributed by atoms with Gasteiger partial charge in [0, 0.05) is 11.8 Å². The zero-order valence-corrected chi connectivity index (χ0v) is 15.2. The van der Waals surface area contributed by atoms with Gasteiger partial charge in [0.15, 0.2) is 0 Å². The maximum atomic E-state index is 8.91. The zero-order chi connectivity index (χ0) is 10.6. The minimum absolute atomic E-state index is 0. The van der Waals surface area contributed by atoms with Gasteiger partial charge < -0.3 is 10.1 Å². The van der Waals surface area contributed by atoms with Gasteiger partial charge in [-0.05, 0) is 13.8 Å². The van der Waals surface area contributed by atoms with Gasteiger partial charge in [0.05, 0.1) is 5.69 Å². The third kappa shape index (κ3) is 11.8. The Morgan fingerprint density at radius 3 is 1.79 bits per heavy atom. The molecule has 0 aliphatic carbocycles. The summed E-state index contributed by atoms with van der Waals surface area (Å²) in [5.74, 6) is 0.350. The van der Waals surface area contributed by atoms with Crippen molar-refractivity contribution in [1.82, 2.24) is 4.98 Å². The number of aromatic amines is 1. The standard InChI is InChI=1S/C6H9NO.CH4.CH2.3HI.V/c1-4-3-6(8)5(2)7-4;;;;;;/h3,7-8H,1-2H3;1H4;1H2;3*1H;/q;;;;;;+3/p-3. The van der Waals surface area contributed by atoms with Gasteiger partial charge in [0.2, 0.25) is 0 Å². The van der Waals surface area contributed by atoms with Gasteiger partial charge in [-0.25, -0.2) is 0 Å². The van der Waals surface area contributed by atoms with Crippen molar-refractivity contribution < 1.29 is 8.45 Å². The van der Waals surface area contributed by atoms with E-state index in [1.807, 2.05) is 13.8 Å². The van der Waals surface area contributed by atoms with Crippen LogP contribution in [-0.4, -0.2) is 15.3 Å². The number of hydrogen-bond acceptors (Lipinski definition) is 1. The maximum absolute atomic E-state index is 8.91. The summed E-state index contributed by atoms with van der Waals surface area (Å²) in [6.45, 7) is 3.75. The van der Waals surface area contributed by atoms with Crippen molar-refractivity contribution in [3.8, 4) is 5.75 Å². The quantitative estimate of drug-likeness (QED) is 0.438. The first-order chi connectivity index (χ1) is 5.70. The van der Waals surface area contributed by atoms with E-state index < -0.39 is 3.34 Å². The van der Waals surface area contributed by atoms with Crippen molar-refractivity contribution in [2.24, 2.45) is 0 Å². The van der Waals surface area contributed by atoms with Crippen LogP contribution in [0.25, 0.3) is 0 Å². The molecule has 2 nitrogen and oxygen atoms in total. The van der Waals surface area contributed by atoms with Crippen molar-refractivity contribution in [2.45, 2.75) is 21.3 Å². The molecule has 0 aromatic carbocycles. The number of aryl methyl sites for hydroxylation is 2. The second-order valence-electron chi connectivity index (χ2n) is 2.51. The molecule has 2 N–H and O–H groups in total. The van der Waals surface area contributed by atoms with E-state index >= 15 is 0 Å². The van der Waals surface area contributed by atoms with E-state index in [0.29, 0.717) is 5.75 Å². The molecular formula is C8H15I3NOV. The van der Waals surface area contributed by atoms with Gasteiger partial charge in [-0.1, -0.05) is 7.43 Å². The van der Waals surface area contributed by atoms with E-state index in [-0.39, 0.29) is 7.43 Å². The molecule has 0 saturated heterocycles. The molecule has 0 spiro atoms. The molecule has 1 aromatic heterocycles. The van der Waals surface area contributed by atoms with Crippen LogP contribution in [-0.2, 0) is 3.34 Å². The molecule has 0 amide bonds. The average molecular weight is 573 g/mol. The van der Waals surface area contributed by atoms with Crippen molar-refractivity contribution in [3.05, 3.63) is 17.5 Å². The summed E-state index contributed by atoms with van der Waals surface area (Å²) in [6.07, 6.45) is 0. The summed E-state index contributed by atoms with van der Waals surface area (Å²) in [7, 11) is 0. The average Bonchev–Trinajstić information content (AvgIpc) is 2.05. The monoisotopic (exact) mass is 573 g/mol. The predicted molar refractivity (Wildman–Crippen MR) is 87.8 cm³/mol. The van der Waals surface area contributed by atoms with Crippen molar-refractivity contribution in [3.63, 3.8) is 0 Å². The summed E-state index contributed by atoms with van der Waals surface area (Å²) in [4.78, 5) is 2.96. The van der Waals surface area contributed by atoms with Crippen molar-refractivity contribution in [1.29, 1.82) is 0 Å². The van der Waals surface area contributed by atoms with E-state index in [2.05, 4.69) is 70.2 Å². The molecule has 0 unspecified atom stereocenters. The summed E-state index contributed by atoms with van der Waals surface area (Å²) in [6, 6.07) is 1.70. The first kappa shape index (κ1) is 18.1. The van der Waals surface area contributed by atoms with Crippen LogP contribution >= 0.6 is 59.9 Å². The minimum atomic E-state index is -1.22. The SMILES string of the molecule is C.Cc1cc(O)c(C)[nH]1.[CH2]=[V]([I])([I])[I]. The first-order valence-electron chi connectivity index (χ1n) is 3.37. The van der Waals surface area contributed by atoms with Crippen LogP contribution in [0.2, 0.25) is 0 Å². The third-order valence-corrected chi connectivity index (χ3v) is 1.12. The molecule has 0 bridgehead atoms.